The van der Waals surface area contributed by atoms with Crippen LogP contribution in [0.5, 0.6) is 0 Å². The van der Waals surface area contributed by atoms with Gasteiger partial charge in [0.1, 0.15) is 0 Å². The number of likely N-dealkylation sites (tertiary alicyclic amines) is 1. The second kappa shape index (κ2) is 9.64. The molecule has 2 amide bonds. The Hall–Kier alpha value is -2.67. The smallest absolute Gasteiger partial charge is 0.255 e. The summed E-state index contributed by atoms with van der Waals surface area (Å²) in [7, 11) is 0. The van der Waals surface area contributed by atoms with Gasteiger partial charge in [0.2, 0.25) is 5.91 Å². The van der Waals surface area contributed by atoms with Crippen molar-refractivity contribution < 1.29 is 9.59 Å². The monoisotopic (exact) mass is 423 g/mol. The maximum atomic E-state index is 12.6. The topological polar surface area (TPSA) is 79.3 Å². The first-order valence-corrected chi connectivity index (χ1v) is 11.4. The van der Waals surface area contributed by atoms with Gasteiger partial charge in [-0.05, 0) is 51.3 Å². The Labute approximate surface area is 184 Å². The second-order valence-electron chi connectivity index (χ2n) is 9.10. The van der Waals surface area contributed by atoms with Gasteiger partial charge in [-0.15, -0.1) is 0 Å². The molecule has 0 bridgehead atoms. The fourth-order valence-corrected chi connectivity index (χ4v) is 4.67. The summed E-state index contributed by atoms with van der Waals surface area (Å²) >= 11 is 0. The van der Waals surface area contributed by atoms with Crippen molar-refractivity contribution in [3.05, 3.63) is 53.3 Å². The first-order chi connectivity index (χ1) is 15.0. The van der Waals surface area contributed by atoms with E-state index in [1.807, 2.05) is 35.0 Å². The number of piperidine rings is 1. The highest BCUT2D eigenvalue weighted by molar-refractivity contribution is 5.95. The Morgan fingerprint density at radius 1 is 1.16 bits per heavy atom. The Balaban J connectivity index is 1.25. The van der Waals surface area contributed by atoms with Gasteiger partial charge in [0.05, 0.1) is 30.0 Å². The van der Waals surface area contributed by atoms with E-state index in [1.165, 1.54) is 0 Å². The highest BCUT2D eigenvalue weighted by atomic mass is 16.2. The highest BCUT2D eigenvalue weighted by Gasteiger charge is 2.30. The molecule has 7 heteroatoms. The van der Waals surface area contributed by atoms with Crippen LogP contribution in [0.15, 0.2) is 36.5 Å². The van der Waals surface area contributed by atoms with E-state index < -0.39 is 0 Å². The molecule has 0 unspecified atom stereocenters. The molecular weight excluding hydrogens is 390 g/mol. The third-order valence-corrected chi connectivity index (χ3v) is 6.54. The predicted molar refractivity (Wildman–Crippen MR) is 120 cm³/mol. The molecule has 1 aromatic carbocycles. The number of hydrogen-bond acceptors (Lipinski definition) is 4. The lowest BCUT2D eigenvalue weighted by atomic mass is 9.92. The van der Waals surface area contributed by atoms with Crippen LogP contribution in [0.1, 0.15) is 54.7 Å². The van der Waals surface area contributed by atoms with Crippen molar-refractivity contribution >= 4 is 11.8 Å². The van der Waals surface area contributed by atoms with Crippen LogP contribution in [0.4, 0.5) is 0 Å². The molecule has 166 valence electrons. The summed E-state index contributed by atoms with van der Waals surface area (Å²) in [4.78, 5) is 27.7. The fourth-order valence-electron chi connectivity index (χ4n) is 4.67. The van der Waals surface area contributed by atoms with E-state index in [4.69, 9.17) is 0 Å². The summed E-state index contributed by atoms with van der Waals surface area (Å²) in [6.07, 6.45) is 5.05. The van der Waals surface area contributed by atoms with Crippen LogP contribution in [0.2, 0.25) is 0 Å². The molecule has 0 spiro atoms. The number of benzene rings is 1. The summed E-state index contributed by atoms with van der Waals surface area (Å²) in [5, 5.41) is 10.5. The molecule has 3 heterocycles. The number of carbonyl (C=O) groups is 2. The molecular formula is C24H33N5O2. The van der Waals surface area contributed by atoms with Gasteiger partial charge in [0, 0.05) is 25.4 Å². The Bertz CT molecular complexity index is 900. The minimum atomic E-state index is -0.117. The zero-order chi connectivity index (χ0) is 21.8. The van der Waals surface area contributed by atoms with E-state index >= 15 is 0 Å². The quantitative estimate of drug-likeness (QED) is 0.717. The van der Waals surface area contributed by atoms with Gasteiger partial charge in [0.15, 0.2) is 0 Å². The van der Waals surface area contributed by atoms with E-state index in [2.05, 4.69) is 34.5 Å². The van der Waals surface area contributed by atoms with Crippen molar-refractivity contribution in [2.24, 2.45) is 5.92 Å². The molecule has 1 saturated heterocycles. The largest absolute Gasteiger partial charge is 0.351 e. The number of carbonyl (C=O) groups excluding carboxylic acids is 2. The first-order valence-electron chi connectivity index (χ1n) is 11.4. The van der Waals surface area contributed by atoms with Gasteiger partial charge >= 0.3 is 0 Å². The molecule has 0 aliphatic carbocycles. The second-order valence-corrected chi connectivity index (χ2v) is 9.10. The third-order valence-electron chi connectivity index (χ3n) is 6.54. The molecule has 1 atom stereocenters. The maximum absolute atomic E-state index is 12.6. The molecule has 0 saturated carbocycles. The minimum Gasteiger partial charge on any atom is -0.351 e. The number of amides is 2. The number of fused-ring (bicyclic) bond motifs is 1. The predicted octanol–water partition coefficient (Wildman–Crippen LogP) is 2.36. The van der Waals surface area contributed by atoms with Gasteiger partial charge < -0.3 is 15.5 Å². The standard InChI is InChI=1S/C24H33N5O2/c1-17(2)28-10-8-18(9-11-28)12-23(30)27-20-13-22-21(15-26-29(22)16-20)24(31)25-14-19-6-4-3-5-7-19/h3-7,15,17-18,20H,8-14,16H2,1-2H3,(H,25,31)(H,27,30)/t20-/m0/s1. The van der Waals surface area contributed by atoms with Crippen LogP contribution in [0.3, 0.4) is 0 Å². The summed E-state index contributed by atoms with van der Waals surface area (Å²) in [5.41, 5.74) is 2.57. The van der Waals surface area contributed by atoms with Crippen LogP contribution in [0, 0.1) is 5.92 Å². The van der Waals surface area contributed by atoms with Crippen molar-refractivity contribution in [3.63, 3.8) is 0 Å². The van der Waals surface area contributed by atoms with Crippen LogP contribution in [-0.2, 0) is 24.3 Å². The van der Waals surface area contributed by atoms with Crippen LogP contribution >= 0.6 is 0 Å². The molecule has 1 fully saturated rings. The van der Waals surface area contributed by atoms with E-state index in [0.717, 1.165) is 37.2 Å². The van der Waals surface area contributed by atoms with Crippen molar-refractivity contribution in [1.82, 2.24) is 25.3 Å². The molecule has 4 rings (SSSR count). The number of hydrogen-bond donors (Lipinski definition) is 2. The van der Waals surface area contributed by atoms with E-state index in [-0.39, 0.29) is 17.9 Å². The normalized spacial score (nSPS) is 19.4. The first kappa shape index (κ1) is 21.6. The Morgan fingerprint density at radius 2 is 1.90 bits per heavy atom. The van der Waals surface area contributed by atoms with Crippen LogP contribution < -0.4 is 10.6 Å². The summed E-state index contributed by atoms with van der Waals surface area (Å²) < 4.78 is 1.85. The summed E-state index contributed by atoms with van der Waals surface area (Å²) in [6, 6.07) is 10.4. The zero-order valence-electron chi connectivity index (χ0n) is 18.5. The van der Waals surface area contributed by atoms with E-state index in [1.54, 1.807) is 6.20 Å². The van der Waals surface area contributed by atoms with Crippen LogP contribution in [0.25, 0.3) is 0 Å². The molecule has 2 aliphatic heterocycles. The van der Waals surface area contributed by atoms with Gasteiger partial charge in [-0.2, -0.15) is 5.10 Å². The van der Waals surface area contributed by atoms with Gasteiger partial charge in [-0.3, -0.25) is 14.3 Å². The number of rotatable bonds is 7. The minimum absolute atomic E-state index is 0.00706. The molecule has 2 aromatic rings. The number of aromatic nitrogens is 2. The number of nitrogens with one attached hydrogen (secondary N) is 2. The average molecular weight is 424 g/mol. The third kappa shape index (κ3) is 5.34. The molecule has 1 aromatic heterocycles. The van der Waals surface area contributed by atoms with E-state index in [9.17, 15) is 9.59 Å². The van der Waals surface area contributed by atoms with Crippen molar-refractivity contribution in [3.8, 4) is 0 Å². The van der Waals surface area contributed by atoms with E-state index in [0.29, 0.717) is 43.5 Å². The summed E-state index contributed by atoms with van der Waals surface area (Å²) in [5.74, 6) is 0.468. The molecule has 0 radical (unpaired) electrons. The maximum Gasteiger partial charge on any atom is 0.255 e. The zero-order valence-corrected chi connectivity index (χ0v) is 18.5. The van der Waals surface area contributed by atoms with Crippen molar-refractivity contribution in [2.45, 2.75) is 64.7 Å². The van der Waals surface area contributed by atoms with Crippen molar-refractivity contribution in [2.75, 3.05) is 13.1 Å². The highest BCUT2D eigenvalue weighted by Crippen LogP contribution is 2.23. The Morgan fingerprint density at radius 3 is 2.61 bits per heavy atom. The van der Waals surface area contributed by atoms with Gasteiger partial charge in [-0.1, -0.05) is 30.3 Å². The lowest BCUT2D eigenvalue weighted by molar-refractivity contribution is -0.123. The van der Waals surface area contributed by atoms with Gasteiger partial charge in [0.25, 0.3) is 5.91 Å². The lowest BCUT2D eigenvalue weighted by Gasteiger charge is -2.34. The van der Waals surface area contributed by atoms with Gasteiger partial charge in [-0.25, -0.2) is 0 Å². The lowest BCUT2D eigenvalue weighted by Crippen LogP contribution is -2.41. The Kier molecular flexibility index (Phi) is 6.70. The molecule has 7 nitrogen and oxygen atoms in total. The molecule has 2 aliphatic rings. The SMILES string of the molecule is CC(C)N1CCC(CC(=O)N[C@H]2Cc3c(C(=O)NCc4ccccc4)cnn3C2)CC1. The molecule has 31 heavy (non-hydrogen) atoms. The molecule has 2 N–H and O–H groups in total. The number of nitrogens with zero attached hydrogens (tertiary/aromatic N) is 3. The fraction of sp³-hybridized carbons (Fsp3) is 0.542. The average Bonchev–Trinajstić information content (AvgIpc) is 3.33. The summed E-state index contributed by atoms with van der Waals surface area (Å²) in [6.45, 7) is 7.73. The van der Waals surface area contributed by atoms with Crippen molar-refractivity contribution in [1.29, 1.82) is 0 Å². The van der Waals surface area contributed by atoms with Crippen LogP contribution in [-0.4, -0.2) is 51.7 Å².